The Labute approximate surface area is 192 Å². The summed E-state index contributed by atoms with van der Waals surface area (Å²) >= 11 is 0. The molecule has 168 valence electrons. The van der Waals surface area contributed by atoms with E-state index < -0.39 is 0 Å². The third-order valence-corrected chi connectivity index (χ3v) is 5.33. The fraction of sp³-hybridized carbons (Fsp3) is 0.154. The highest BCUT2D eigenvalue weighted by Crippen LogP contribution is 2.25. The number of rotatable bonds is 8. The largest absolute Gasteiger partial charge is 0.497 e. The van der Waals surface area contributed by atoms with E-state index in [-0.39, 0.29) is 5.91 Å². The molecule has 0 unspecified atom stereocenters. The first-order valence-electron chi connectivity index (χ1n) is 10.6. The summed E-state index contributed by atoms with van der Waals surface area (Å²) in [4.78, 5) is 12.5. The molecule has 0 spiro atoms. The number of hydrogen-bond donors (Lipinski definition) is 2. The van der Waals surface area contributed by atoms with Crippen LogP contribution in [0.3, 0.4) is 0 Å². The summed E-state index contributed by atoms with van der Waals surface area (Å²) in [5.41, 5.74) is 10.3. The molecule has 1 heterocycles. The molecule has 0 atom stereocenters. The van der Waals surface area contributed by atoms with Gasteiger partial charge in [-0.3, -0.25) is 4.79 Å². The minimum Gasteiger partial charge on any atom is -0.497 e. The molecule has 0 radical (unpaired) electrons. The third-order valence-electron chi connectivity index (χ3n) is 5.33. The molecule has 1 amide bonds. The highest BCUT2D eigenvalue weighted by atomic mass is 16.5. The van der Waals surface area contributed by atoms with Gasteiger partial charge in [-0.25, -0.2) is 4.68 Å². The molecule has 0 fully saturated rings. The molecule has 33 heavy (non-hydrogen) atoms. The lowest BCUT2D eigenvalue weighted by atomic mass is 10.1. The van der Waals surface area contributed by atoms with Crippen LogP contribution in [0.5, 0.6) is 11.5 Å². The maximum Gasteiger partial charge on any atom is 0.251 e. The standard InChI is InChI=1S/C26H26N4O3/c1-32-22-12-8-19(9-13-22)24-17-25(27)30(29-24)21-10-6-20(7-11-21)26(31)28-15-14-18-4-3-5-23(16-18)33-2/h3-13,16-17H,14-15,27H2,1-2H3,(H,28,31). The van der Waals surface area contributed by atoms with E-state index in [2.05, 4.69) is 10.4 Å². The monoisotopic (exact) mass is 442 g/mol. The number of anilines is 1. The van der Waals surface area contributed by atoms with Crippen molar-refractivity contribution in [2.24, 2.45) is 0 Å². The number of aromatic nitrogens is 2. The quantitative estimate of drug-likeness (QED) is 0.429. The molecule has 4 rings (SSSR count). The molecule has 7 nitrogen and oxygen atoms in total. The second-order valence-electron chi connectivity index (χ2n) is 7.50. The summed E-state index contributed by atoms with van der Waals surface area (Å²) in [6.45, 7) is 0.533. The van der Waals surface area contributed by atoms with Gasteiger partial charge < -0.3 is 20.5 Å². The lowest BCUT2D eigenvalue weighted by Crippen LogP contribution is -2.25. The first-order valence-corrected chi connectivity index (χ1v) is 10.6. The molecule has 3 N–H and O–H groups in total. The lowest BCUT2D eigenvalue weighted by Gasteiger charge is -2.08. The fourth-order valence-corrected chi connectivity index (χ4v) is 3.51. The van der Waals surface area contributed by atoms with Crippen molar-refractivity contribution >= 4 is 11.7 Å². The highest BCUT2D eigenvalue weighted by Gasteiger charge is 2.11. The number of amides is 1. The third kappa shape index (κ3) is 5.15. The van der Waals surface area contributed by atoms with Crippen LogP contribution in [0.4, 0.5) is 5.82 Å². The summed E-state index contributed by atoms with van der Waals surface area (Å²) < 4.78 is 12.1. The van der Waals surface area contributed by atoms with Crippen LogP contribution in [0, 0.1) is 0 Å². The smallest absolute Gasteiger partial charge is 0.251 e. The molecule has 0 aliphatic carbocycles. The normalized spacial score (nSPS) is 10.6. The zero-order valence-electron chi connectivity index (χ0n) is 18.6. The van der Waals surface area contributed by atoms with Crippen molar-refractivity contribution in [3.05, 3.63) is 90.0 Å². The number of nitrogens with two attached hydrogens (primary N) is 1. The van der Waals surface area contributed by atoms with Crippen LogP contribution in [-0.2, 0) is 6.42 Å². The number of nitrogen functional groups attached to an aromatic ring is 1. The molecule has 1 aromatic heterocycles. The molecule has 4 aromatic rings. The summed E-state index contributed by atoms with van der Waals surface area (Å²) in [6, 6.07) is 24.5. The predicted molar refractivity (Wildman–Crippen MR) is 129 cm³/mol. The van der Waals surface area contributed by atoms with E-state index in [0.717, 1.165) is 40.4 Å². The number of hydrogen-bond acceptors (Lipinski definition) is 5. The van der Waals surface area contributed by atoms with Crippen LogP contribution >= 0.6 is 0 Å². The lowest BCUT2D eigenvalue weighted by molar-refractivity contribution is 0.0954. The van der Waals surface area contributed by atoms with Gasteiger partial charge in [0.05, 0.1) is 25.6 Å². The number of methoxy groups -OCH3 is 2. The van der Waals surface area contributed by atoms with Gasteiger partial charge >= 0.3 is 0 Å². The molecule has 7 heteroatoms. The van der Waals surface area contributed by atoms with E-state index in [1.807, 2.05) is 66.7 Å². The average Bonchev–Trinajstić information content (AvgIpc) is 3.25. The first kappa shape index (κ1) is 22.0. The van der Waals surface area contributed by atoms with Gasteiger partial charge in [-0.2, -0.15) is 5.10 Å². The van der Waals surface area contributed by atoms with Crippen LogP contribution in [0.25, 0.3) is 16.9 Å². The van der Waals surface area contributed by atoms with Crippen molar-refractivity contribution in [1.29, 1.82) is 0 Å². The molecule has 0 bridgehead atoms. The Bertz CT molecular complexity index is 1230. The Kier molecular flexibility index (Phi) is 6.59. The molecule has 0 saturated heterocycles. The first-order chi connectivity index (χ1) is 16.1. The number of carbonyl (C=O) groups is 1. The van der Waals surface area contributed by atoms with Crippen LogP contribution in [-0.4, -0.2) is 36.5 Å². The number of nitrogens with one attached hydrogen (secondary N) is 1. The Morgan fingerprint density at radius 2 is 1.67 bits per heavy atom. The maximum atomic E-state index is 12.5. The molecular formula is C26H26N4O3. The van der Waals surface area contributed by atoms with E-state index in [9.17, 15) is 4.79 Å². The number of carbonyl (C=O) groups excluding carboxylic acids is 1. The topological polar surface area (TPSA) is 91.4 Å². The second-order valence-corrected chi connectivity index (χ2v) is 7.50. The van der Waals surface area contributed by atoms with Crippen molar-refractivity contribution in [3.8, 4) is 28.4 Å². The highest BCUT2D eigenvalue weighted by molar-refractivity contribution is 5.94. The molecule has 3 aromatic carbocycles. The summed E-state index contributed by atoms with van der Waals surface area (Å²) in [5, 5.41) is 7.57. The maximum absolute atomic E-state index is 12.5. The van der Waals surface area contributed by atoms with Gasteiger partial charge in [0.25, 0.3) is 5.91 Å². The fourth-order valence-electron chi connectivity index (χ4n) is 3.51. The molecule has 0 aliphatic heterocycles. The van der Waals surface area contributed by atoms with E-state index in [1.165, 1.54) is 0 Å². The van der Waals surface area contributed by atoms with Gasteiger partial charge in [0, 0.05) is 23.7 Å². The second kappa shape index (κ2) is 9.91. The summed E-state index contributed by atoms with van der Waals surface area (Å²) in [7, 11) is 3.27. The Balaban J connectivity index is 1.40. The van der Waals surface area contributed by atoms with Crippen molar-refractivity contribution in [1.82, 2.24) is 15.1 Å². The summed E-state index contributed by atoms with van der Waals surface area (Å²) in [6.07, 6.45) is 0.721. The number of ether oxygens (including phenoxy) is 2. The van der Waals surface area contributed by atoms with Crippen molar-refractivity contribution in [2.75, 3.05) is 26.5 Å². The van der Waals surface area contributed by atoms with Gasteiger partial charge in [-0.05, 0) is 72.6 Å². The van der Waals surface area contributed by atoms with Crippen molar-refractivity contribution < 1.29 is 14.3 Å². The number of nitrogens with zero attached hydrogens (tertiary/aromatic N) is 2. The zero-order chi connectivity index (χ0) is 23.2. The van der Waals surface area contributed by atoms with Gasteiger partial charge in [-0.15, -0.1) is 0 Å². The van der Waals surface area contributed by atoms with Gasteiger partial charge in [0.1, 0.15) is 17.3 Å². The predicted octanol–water partition coefficient (Wildman–Crippen LogP) is 4.11. The van der Waals surface area contributed by atoms with Gasteiger partial charge in [0.15, 0.2) is 0 Å². The van der Waals surface area contributed by atoms with Gasteiger partial charge in [-0.1, -0.05) is 12.1 Å². The molecular weight excluding hydrogens is 416 g/mol. The SMILES string of the molecule is COc1ccc(-c2cc(N)n(-c3ccc(C(=O)NCCc4cccc(OC)c4)cc3)n2)cc1. The average molecular weight is 443 g/mol. The minimum absolute atomic E-state index is 0.128. The van der Waals surface area contributed by atoms with Crippen molar-refractivity contribution in [2.45, 2.75) is 6.42 Å². The number of benzene rings is 3. The van der Waals surface area contributed by atoms with Gasteiger partial charge in [0.2, 0.25) is 0 Å². The van der Waals surface area contributed by atoms with Crippen molar-refractivity contribution in [3.63, 3.8) is 0 Å². The Morgan fingerprint density at radius 3 is 2.36 bits per heavy atom. The molecule has 0 saturated carbocycles. The summed E-state index contributed by atoms with van der Waals surface area (Å²) in [5.74, 6) is 1.97. The van der Waals surface area contributed by atoms with Crippen LogP contribution < -0.4 is 20.5 Å². The van der Waals surface area contributed by atoms with E-state index in [0.29, 0.717) is 17.9 Å². The zero-order valence-corrected chi connectivity index (χ0v) is 18.6. The Morgan fingerprint density at radius 1 is 0.939 bits per heavy atom. The molecule has 0 aliphatic rings. The van der Waals surface area contributed by atoms with Crippen LogP contribution in [0.1, 0.15) is 15.9 Å². The minimum atomic E-state index is -0.128. The van der Waals surface area contributed by atoms with Crippen LogP contribution in [0.15, 0.2) is 78.9 Å². The van der Waals surface area contributed by atoms with E-state index in [1.54, 1.807) is 31.0 Å². The van der Waals surface area contributed by atoms with Crippen LogP contribution in [0.2, 0.25) is 0 Å². The van der Waals surface area contributed by atoms with E-state index in [4.69, 9.17) is 15.2 Å². The Hall–Kier alpha value is -4.26. The van der Waals surface area contributed by atoms with E-state index >= 15 is 0 Å².